The fourth-order valence-electron chi connectivity index (χ4n) is 3.51. The molecule has 10 heteroatoms. The lowest BCUT2D eigenvalue weighted by Crippen LogP contribution is -2.24. The van der Waals surface area contributed by atoms with E-state index in [4.69, 9.17) is 5.73 Å². The molecule has 6 nitrogen and oxygen atoms in total. The molecular weight excluding hydrogens is 395 g/mol. The molecule has 2 aromatic rings. The van der Waals surface area contributed by atoms with E-state index in [9.17, 15) is 26.4 Å². The van der Waals surface area contributed by atoms with Crippen molar-refractivity contribution in [1.82, 2.24) is 9.78 Å². The lowest BCUT2D eigenvalue weighted by Gasteiger charge is -2.28. The van der Waals surface area contributed by atoms with Gasteiger partial charge < -0.3 is 5.73 Å². The van der Waals surface area contributed by atoms with Crippen LogP contribution in [-0.4, -0.2) is 29.9 Å². The summed E-state index contributed by atoms with van der Waals surface area (Å²) in [6.07, 6.45) is 0.935. The highest BCUT2D eigenvalue weighted by molar-refractivity contribution is 7.91. The fraction of sp³-hybridized carbons (Fsp3) is 0.444. The number of amides is 1. The summed E-state index contributed by atoms with van der Waals surface area (Å²) in [6, 6.07) is 3.90. The topological polar surface area (TPSA) is 95.1 Å². The normalized spacial score (nSPS) is 20.8. The zero-order valence-corrected chi connectivity index (χ0v) is 15.7. The van der Waals surface area contributed by atoms with Crippen LogP contribution in [0.1, 0.15) is 47.6 Å². The first kappa shape index (κ1) is 20.4. The highest BCUT2D eigenvalue weighted by atomic mass is 32.2. The molecule has 0 bridgehead atoms. The van der Waals surface area contributed by atoms with Gasteiger partial charge in [0.2, 0.25) is 0 Å². The van der Waals surface area contributed by atoms with Crippen LogP contribution in [0.5, 0.6) is 0 Å². The van der Waals surface area contributed by atoms with Gasteiger partial charge in [-0.15, -0.1) is 0 Å². The number of aromatic nitrogens is 2. The number of primary amides is 1. The molecule has 0 spiro atoms. The Morgan fingerprint density at radius 3 is 2.46 bits per heavy atom. The molecule has 28 heavy (non-hydrogen) atoms. The molecule has 1 amide bonds. The average Bonchev–Trinajstić information content (AvgIpc) is 3.12. The van der Waals surface area contributed by atoms with Crippen LogP contribution >= 0.6 is 0 Å². The first-order valence-corrected chi connectivity index (χ1v) is 10.5. The maximum absolute atomic E-state index is 12.8. The number of alkyl halides is 3. The van der Waals surface area contributed by atoms with Crippen molar-refractivity contribution in [2.45, 2.75) is 42.8 Å². The highest BCUT2D eigenvalue weighted by Crippen LogP contribution is 2.35. The second-order valence-electron chi connectivity index (χ2n) is 7.05. The van der Waals surface area contributed by atoms with Gasteiger partial charge in [0.05, 0.1) is 34.0 Å². The van der Waals surface area contributed by atoms with Crippen LogP contribution in [0, 0.1) is 5.92 Å². The van der Waals surface area contributed by atoms with Gasteiger partial charge in [-0.1, -0.05) is 6.07 Å². The molecule has 1 aliphatic carbocycles. The van der Waals surface area contributed by atoms with E-state index in [2.05, 4.69) is 5.10 Å². The van der Waals surface area contributed by atoms with E-state index >= 15 is 0 Å². The zero-order chi connectivity index (χ0) is 20.5. The lowest BCUT2D eigenvalue weighted by molar-refractivity contribution is -0.137. The Balaban J connectivity index is 1.64. The molecule has 1 fully saturated rings. The van der Waals surface area contributed by atoms with Gasteiger partial charge in [-0.25, -0.2) is 8.42 Å². The Kier molecular flexibility index (Phi) is 5.51. The summed E-state index contributed by atoms with van der Waals surface area (Å²) in [5.41, 5.74) is 4.55. The van der Waals surface area contributed by atoms with Gasteiger partial charge in [-0.3, -0.25) is 9.48 Å². The number of nitrogens with zero attached hydrogens (tertiary/aromatic N) is 2. The molecular formula is C18H20F3N3O3S. The van der Waals surface area contributed by atoms with Crippen LogP contribution < -0.4 is 5.73 Å². The molecule has 3 rings (SSSR count). The molecule has 0 radical (unpaired) electrons. The summed E-state index contributed by atoms with van der Waals surface area (Å²) >= 11 is 0. The molecule has 1 heterocycles. The third-order valence-electron chi connectivity index (χ3n) is 5.05. The molecule has 2 N–H and O–H groups in total. The van der Waals surface area contributed by atoms with Crippen LogP contribution in [0.2, 0.25) is 0 Å². The largest absolute Gasteiger partial charge is 0.416 e. The van der Waals surface area contributed by atoms with Crippen molar-refractivity contribution in [3.05, 3.63) is 47.8 Å². The van der Waals surface area contributed by atoms with Crippen LogP contribution in [0.3, 0.4) is 0 Å². The number of sulfone groups is 1. The fourth-order valence-corrected chi connectivity index (χ4v) is 5.25. The lowest BCUT2D eigenvalue weighted by atomic mass is 9.87. The van der Waals surface area contributed by atoms with Crippen LogP contribution in [0.25, 0.3) is 0 Å². The first-order chi connectivity index (χ1) is 13.1. The quantitative estimate of drug-likeness (QED) is 0.811. The number of carbonyl (C=O) groups is 1. The monoisotopic (exact) mass is 415 g/mol. The van der Waals surface area contributed by atoms with E-state index < -0.39 is 27.5 Å². The van der Waals surface area contributed by atoms with Gasteiger partial charge in [0.25, 0.3) is 5.91 Å². The maximum Gasteiger partial charge on any atom is 0.416 e. The first-order valence-electron chi connectivity index (χ1n) is 8.80. The smallest absolute Gasteiger partial charge is 0.366 e. The summed E-state index contributed by atoms with van der Waals surface area (Å²) in [7, 11) is -3.82. The zero-order valence-electron chi connectivity index (χ0n) is 14.9. The summed E-state index contributed by atoms with van der Waals surface area (Å²) in [6.45, 7) is 0. The summed E-state index contributed by atoms with van der Waals surface area (Å²) < 4.78 is 65.3. The summed E-state index contributed by atoms with van der Waals surface area (Å²) in [5, 5.41) is 4.13. The van der Waals surface area contributed by atoms with E-state index in [1.165, 1.54) is 12.3 Å². The Hall–Kier alpha value is -2.36. The molecule has 152 valence electrons. The number of hydrogen-bond donors (Lipinski definition) is 1. The van der Waals surface area contributed by atoms with Crippen molar-refractivity contribution in [2.24, 2.45) is 11.7 Å². The van der Waals surface area contributed by atoms with Gasteiger partial charge in [-0.2, -0.15) is 18.3 Å². The van der Waals surface area contributed by atoms with Crippen LogP contribution in [0.15, 0.2) is 41.6 Å². The van der Waals surface area contributed by atoms with Gasteiger partial charge in [0.1, 0.15) is 0 Å². The van der Waals surface area contributed by atoms with Crippen molar-refractivity contribution in [3.63, 3.8) is 0 Å². The standard InChI is InChI=1S/C18H20F3N3O3S/c19-18(20,21)14-2-1-3-16(8-14)28(26,27)11-12-4-6-15(7-5-12)24-10-13(9-23-24)17(22)25/h1-3,8-10,12,15H,4-7,11H2,(H2,22,25). The van der Waals surface area contributed by atoms with Crippen molar-refractivity contribution < 1.29 is 26.4 Å². The SMILES string of the molecule is NC(=O)c1cnn(C2CCC(CS(=O)(=O)c3cccc(C(F)(F)F)c3)CC2)c1. The van der Waals surface area contributed by atoms with Crippen molar-refractivity contribution in [1.29, 1.82) is 0 Å². The van der Waals surface area contributed by atoms with Crippen molar-refractivity contribution in [2.75, 3.05) is 5.75 Å². The molecule has 0 unspecified atom stereocenters. The minimum absolute atomic E-state index is 0.0422. The van der Waals surface area contributed by atoms with E-state index in [-0.39, 0.29) is 22.6 Å². The van der Waals surface area contributed by atoms with E-state index in [1.807, 2.05) is 0 Å². The van der Waals surface area contributed by atoms with Gasteiger partial charge in [-0.05, 0) is 49.8 Å². The predicted octanol–water partition coefficient (Wildman–Crippen LogP) is 3.21. The Morgan fingerprint density at radius 1 is 1.21 bits per heavy atom. The highest BCUT2D eigenvalue weighted by Gasteiger charge is 2.33. The third kappa shape index (κ3) is 4.54. The van der Waals surface area contributed by atoms with E-state index in [0.717, 1.165) is 12.1 Å². The Labute approximate surface area is 160 Å². The predicted molar refractivity (Wildman–Crippen MR) is 95.2 cm³/mol. The number of nitrogens with two attached hydrogens (primary N) is 1. The maximum atomic E-state index is 12.8. The summed E-state index contributed by atoms with van der Waals surface area (Å²) in [4.78, 5) is 10.9. The molecule has 1 aliphatic rings. The third-order valence-corrected chi connectivity index (χ3v) is 6.93. The molecule has 1 aromatic carbocycles. The Bertz CT molecular complexity index is 962. The van der Waals surface area contributed by atoms with Crippen LogP contribution in [-0.2, 0) is 16.0 Å². The van der Waals surface area contributed by atoms with Gasteiger partial charge in [0, 0.05) is 6.20 Å². The minimum Gasteiger partial charge on any atom is -0.366 e. The van der Waals surface area contributed by atoms with Gasteiger partial charge in [0.15, 0.2) is 9.84 Å². The van der Waals surface area contributed by atoms with Crippen LogP contribution in [0.4, 0.5) is 13.2 Å². The molecule has 0 saturated heterocycles. The van der Waals surface area contributed by atoms with E-state index in [0.29, 0.717) is 37.3 Å². The molecule has 0 aliphatic heterocycles. The summed E-state index contributed by atoms with van der Waals surface area (Å²) in [5.74, 6) is -0.888. The number of hydrogen-bond acceptors (Lipinski definition) is 4. The number of halogens is 3. The van der Waals surface area contributed by atoms with E-state index in [1.54, 1.807) is 10.9 Å². The number of benzene rings is 1. The minimum atomic E-state index is -4.59. The molecule has 1 aromatic heterocycles. The average molecular weight is 415 g/mol. The Morgan fingerprint density at radius 2 is 1.89 bits per heavy atom. The number of rotatable bonds is 5. The second-order valence-corrected chi connectivity index (χ2v) is 9.09. The van der Waals surface area contributed by atoms with Crippen molar-refractivity contribution in [3.8, 4) is 0 Å². The second kappa shape index (κ2) is 7.57. The molecule has 0 atom stereocenters. The number of carbonyl (C=O) groups excluding carboxylic acids is 1. The van der Waals surface area contributed by atoms with Gasteiger partial charge >= 0.3 is 6.18 Å². The molecule has 1 saturated carbocycles. The van der Waals surface area contributed by atoms with Crippen molar-refractivity contribution >= 4 is 15.7 Å².